The van der Waals surface area contributed by atoms with Gasteiger partial charge in [0.15, 0.2) is 0 Å². The van der Waals surface area contributed by atoms with Crippen molar-refractivity contribution < 1.29 is 24.6 Å². The third-order valence-corrected chi connectivity index (χ3v) is 3.42. The molecule has 2 saturated heterocycles. The number of β-amino-alcohol motifs (C(OH)–C–C–N with tert-alkyl or cyclic N) is 1. The average Bonchev–Trinajstić information content (AvgIpc) is 2.74. The fraction of sp³-hybridized carbons (Fsp3) is 0.727. The van der Waals surface area contributed by atoms with Gasteiger partial charge in [0.2, 0.25) is 5.91 Å². The second-order valence-electron chi connectivity index (χ2n) is 4.89. The van der Waals surface area contributed by atoms with E-state index in [1.807, 2.05) is 0 Å². The quantitative estimate of drug-likeness (QED) is 0.487. The Hall–Kier alpha value is -1.83. The van der Waals surface area contributed by atoms with Gasteiger partial charge in [-0.05, 0) is 6.42 Å². The molecule has 2 aliphatic heterocycles. The molecule has 0 aromatic heterocycles. The minimum Gasteiger partial charge on any atom is -0.480 e. The number of aliphatic carboxylic acids is 1. The predicted octanol–water partition coefficient (Wildman–Crippen LogP) is -1.51. The lowest BCUT2D eigenvalue weighted by Gasteiger charge is -2.28. The molecule has 0 radical (unpaired) electrons. The highest BCUT2D eigenvalue weighted by Gasteiger charge is 2.39. The summed E-state index contributed by atoms with van der Waals surface area (Å²) in [4.78, 5) is 35.1. The molecule has 0 saturated carbocycles. The third kappa shape index (κ3) is 3.14. The second kappa shape index (κ2) is 5.43. The van der Waals surface area contributed by atoms with Crippen LogP contribution in [0.5, 0.6) is 0 Å². The average molecular weight is 271 g/mol. The zero-order chi connectivity index (χ0) is 14.0. The van der Waals surface area contributed by atoms with Crippen LogP contribution >= 0.6 is 0 Å². The number of hydrogen-bond acceptors (Lipinski definition) is 4. The Balaban J connectivity index is 1.91. The number of carboxylic acids is 1. The summed E-state index contributed by atoms with van der Waals surface area (Å²) in [6.45, 7) is 0.362. The van der Waals surface area contributed by atoms with Gasteiger partial charge in [-0.3, -0.25) is 4.79 Å². The maximum atomic E-state index is 12.0. The lowest BCUT2D eigenvalue weighted by atomic mass is 10.1. The number of carbonyl (C=O) groups excluding carboxylic acids is 2. The Bertz CT molecular complexity index is 390. The van der Waals surface area contributed by atoms with Crippen LogP contribution < -0.4 is 10.6 Å². The highest BCUT2D eigenvalue weighted by molar-refractivity contribution is 5.84. The van der Waals surface area contributed by atoms with E-state index < -0.39 is 24.1 Å². The molecule has 8 heteroatoms. The largest absolute Gasteiger partial charge is 0.480 e. The molecule has 4 N–H and O–H groups in total. The summed E-state index contributed by atoms with van der Waals surface area (Å²) in [6.07, 6.45) is 0.115. The number of rotatable bonds is 2. The molecular weight excluding hydrogens is 254 g/mol. The van der Waals surface area contributed by atoms with Gasteiger partial charge in [-0.25, -0.2) is 9.59 Å². The summed E-state index contributed by atoms with van der Waals surface area (Å²) >= 11 is 0. The van der Waals surface area contributed by atoms with Crippen molar-refractivity contribution in [2.45, 2.75) is 37.5 Å². The molecule has 0 aromatic rings. The first-order valence-corrected chi connectivity index (χ1v) is 6.22. The summed E-state index contributed by atoms with van der Waals surface area (Å²) in [5.74, 6) is -1.17. The number of amides is 3. The molecule has 2 fully saturated rings. The number of hydrogen-bond donors (Lipinski definition) is 4. The monoisotopic (exact) mass is 271 g/mol. The van der Waals surface area contributed by atoms with Crippen molar-refractivity contribution in [1.82, 2.24) is 15.5 Å². The Morgan fingerprint density at radius 1 is 1.42 bits per heavy atom. The van der Waals surface area contributed by atoms with Gasteiger partial charge in [-0.1, -0.05) is 0 Å². The van der Waals surface area contributed by atoms with Gasteiger partial charge in [-0.15, -0.1) is 0 Å². The van der Waals surface area contributed by atoms with Gasteiger partial charge in [0.1, 0.15) is 6.04 Å². The number of nitrogens with one attached hydrogen (secondary N) is 2. The molecule has 8 nitrogen and oxygen atoms in total. The first-order valence-electron chi connectivity index (χ1n) is 6.22. The molecule has 3 atom stereocenters. The maximum Gasteiger partial charge on any atom is 0.326 e. The van der Waals surface area contributed by atoms with E-state index in [1.54, 1.807) is 0 Å². The molecule has 2 unspecified atom stereocenters. The summed E-state index contributed by atoms with van der Waals surface area (Å²) < 4.78 is 0. The van der Waals surface area contributed by atoms with Crippen molar-refractivity contribution in [3.63, 3.8) is 0 Å². The Labute approximate surface area is 109 Å². The van der Waals surface area contributed by atoms with E-state index in [2.05, 4.69) is 10.6 Å². The summed E-state index contributed by atoms with van der Waals surface area (Å²) in [5.41, 5.74) is 0. The molecule has 2 heterocycles. The number of piperidine rings is 1. The van der Waals surface area contributed by atoms with Gasteiger partial charge in [0, 0.05) is 32.0 Å². The minimum absolute atomic E-state index is 0.0158. The standard InChI is InChI=1S/C11H17N3O5/c15-7-3-8(10(17)18)14(5-7)11(19)13-6-1-2-9(16)12-4-6/h6-8,15H,1-5H2,(H,12,16)(H,13,19)(H,17,18)/t6?,7?,8-/m0/s1. The van der Waals surface area contributed by atoms with Gasteiger partial charge >= 0.3 is 12.0 Å². The molecule has 3 amide bonds. The van der Waals surface area contributed by atoms with Crippen LogP contribution in [0.2, 0.25) is 0 Å². The minimum atomic E-state index is -1.12. The number of carboxylic acid groups (broad SMARTS) is 1. The van der Waals surface area contributed by atoms with Gasteiger partial charge in [-0.2, -0.15) is 0 Å². The van der Waals surface area contributed by atoms with Crippen molar-refractivity contribution in [1.29, 1.82) is 0 Å². The van der Waals surface area contributed by atoms with Crippen LogP contribution in [-0.2, 0) is 9.59 Å². The third-order valence-electron chi connectivity index (χ3n) is 3.42. The van der Waals surface area contributed by atoms with Gasteiger partial charge in [0.25, 0.3) is 0 Å². The number of likely N-dealkylation sites (tertiary alicyclic amines) is 1. The van der Waals surface area contributed by atoms with E-state index >= 15 is 0 Å². The zero-order valence-electron chi connectivity index (χ0n) is 10.3. The van der Waals surface area contributed by atoms with Crippen LogP contribution in [0.1, 0.15) is 19.3 Å². The molecule has 19 heavy (non-hydrogen) atoms. The Morgan fingerprint density at radius 3 is 2.74 bits per heavy atom. The van der Waals surface area contributed by atoms with Gasteiger partial charge in [0.05, 0.1) is 6.10 Å². The molecule has 2 rings (SSSR count). The second-order valence-corrected chi connectivity index (χ2v) is 4.89. The lowest BCUT2D eigenvalue weighted by Crippen LogP contribution is -2.53. The van der Waals surface area contributed by atoms with E-state index in [4.69, 9.17) is 5.11 Å². The van der Waals surface area contributed by atoms with E-state index in [-0.39, 0.29) is 24.9 Å². The van der Waals surface area contributed by atoms with E-state index in [1.165, 1.54) is 0 Å². The van der Waals surface area contributed by atoms with E-state index in [0.29, 0.717) is 19.4 Å². The fourth-order valence-corrected chi connectivity index (χ4v) is 2.39. The molecule has 0 aromatic carbocycles. The first-order chi connectivity index (χ1) is 8.97. The fourth-order valence-electron chi connectivity index (χ4n) is 2.39. The van der Waals surface area contributed by atoms with E-state index in [9.17, 15) is 19.5 Å². The van der Waals surface area contributed by atoms with Crippen LogP contribution in [0.3, 0.4) is 0 Å². The number of carbonyl (C=O) groups is 3. The number of urea groups is 1. The van der Waals surface area contributed by atoms with Crippen LogP contribution in [0.15, 0.2) is 0 Å². The van der Waals surface area contributed by atoms with Crippen LogP contribution in [-0.4, -0.2) is 64.3 Å². The lowest BCUT2D eigenvalue weighted by molar-refractivity contribution is -0.141. The van der Waals surface area contributed by atoms with E-state index in [0.717, 1.165) is 4.90 Å². The van der Waals surface area contributed by atoms with Crippen molar-refractivity contribution >= 4 is 17.9 Å². The van der Waals surface area contributed by atoms with Crippen molar-refractivity contribution in [3.8, 4) is 0 Å². The maximum absolute atomic E-state index is 12.0. The predicted molar refractivity (Wildman–Crippen MR) is 63.3 cm³/mol. The molecular formula is C11H17N3O5. The van der Waals surface area contributed by atoms with Gasteiger partial charge < -0.3 is 25.7 Å². The molecule has 106 valence electrons. The molecule has 0 aliphatic carbocycles. The Kier molecular flexibility index (Phi) is 3.89. The molecule has 0 bridgehead atoms. The zero-order valence-corrected chi connectivity index (χ0v) is 10.3. The summed E-state index contributed by atoms with van der Waals surface area (Å²) in [5, 5.41) is 23.8. The summed E-state index contributed by atoms with van der Waals surface area (Å²) in [6, 6.07) is -1.70. The highest BCUT2D eigenvalue weighted by atomic mass is 16.4. The SMILES string of the molecule is O=C1CCC(NC(=O)N2CC(O)C[C@H]2C(=O)O)CN1. The highest BCUT2D eigenvalue weighted by Crippen LogP contribution is 2.18. The number of nitrogens with zero attached hydrogens (tertiary/aromatic N) is 1. The smallest absolute Gasteiger partial charge is 0.326 e. The number of aliphatic hydroxyl groups excluding tert-OH is 1. The topological polar surface area (TPSA) is 119 Å². The number of aliphatic hydroxyl groups is 1. The van der Waals surface area contributed by atoms with Crippen molar-refractivity contribution in [2.75, 3.05) is 13.1 Å². The van der Waals surface area contributed by atoms with Crippen LogP contribution in [0.4, 0.5) is 4.79 Å². The summed E-state index contributed by atoms with van der Waals surface area (Å²) in [7, 11) is 0. The molecule has 2 aliphatic rings. The van der Waals surface area contributed by atoms with Crippen molar-refractivity contribution in [3.05, 3.63) is 0 Å². The Morgan fingerprint density at radius 2 is 2.16 bits per heavy atom. The molecule has 0 spiro atoms. The van der Waals surface area contributed by atoms with Crippen LogP contribution in [0, 0.1) is 0 Å². The van der Waals surface area contributed by atoms with Crippen molar-refractivity contribution in [2.24, 2.45) is 0 Å². The van der Waals surface area contributed by atoms with Crippen LogP contribution in [0.25, 0.3) is 0 Å². The normalized spacial score (nSPS) is 30.9. The first kappa shape index (κ1) is 13.6.